The first-order chi connectivity index (χ1) is 14.2. The Morgan fingerprint density at radius 1 is 1.07 bits per heavy atom. The molecule has 0 bridgehead atoms. The molecule has 1 aliphatic carbocycles. The SMILES string of the molecule is C=C(C/C=C\C=C/C)N=C(C)c1cc(-c2ccccc2)cc(C2C=CC=CC2)c1. The van der Waals surface area contributed by atoms with Gasteiger partial charge in [-0.05, 0) is 54.7 Å². The van der Waals surface area contributed by atoms with Crippen molar-refractivity contribution in [3.63, 3.8) is 0 Å². The summed E-state index contributed by atoms with van der Waals surface area (Å²) >= 11 is 0. The fourth-order valence-corrected chi connectivity index (χ4v) is 3.44. The molecule has 3 rings (SSSR count). The van der Waals surface area contributed by atoms with Crippen molar-refractivity contribution in [3.05, 3.63) is 121 Å². The first-order valence-corrected chi connectivity index (χ1v) is 10.2. The highest BCUT2D eigenvalue weighted by molar-refractivity contribution is 6.00. The topological polar surface area (TPSA) is 12.4 Å². The molecular weight excluding hydrogens is 350 g/mol. The van der Waals surface area contributed by atoms with Gasteiger partial charge in [0.05, 0.1) is 0 Å². The number of aliphatic imine (C=N–C) groups is 1. The van der Waals surface area contributed by atoms with E-state index >= 15 is 0 Å². The molecule has 0 N–H and O–H groups in total. The van der Waals surface area contributed by atoms with Gasteiger partial charge in [-0.1, -0.05) is 91.6 Å². The Morgan fingerprint density at radius 2 is 1.90 bits per heavy atom. The summed E-state index contributed by atoms with van der Waals surface area (Å²) in [5.74, 6) is 0.405. The maximum absolute atomic E-state index is 4.78. The summed E-state index contributed by atoms with van der Waals surface area (Å²) in [6.45, 7) is 8.21. The molecule has 1 atom stereocenters. The van der Waals surface area contributed by atoms with Crippen molar-refractivity contribution >= 4 is 5.71 Å². The average Bonchev–Trinajstić information content (AvgIpc) is 2.77. The Bertz CT molecular complexity index is 984. The van der Waals surface area contributed by atoms with E-state index in [-0.39, 0.29) is 0 Å². The minimum atomic E-state index is 0.405. The van der Waals surface area contributed by atoms with Crippen LogP contribution in [-0.4, -0.2) is 5.71 Å². The van der Waals surface area contributed by atoms with E-state index in [1.165, 1.54) is 16.7 Å². The maximum atomic E-state index is 4.78. The third-order valence-corrected chi connectivity index (χ3v) is 5.01. The minimum absolute atomic E-state index is 0.405. The monoisotopic (exact) mass is 379 g/mol. The molecule has 0 radical (unpaired) electrons. The Hall–Kier alpha value is -3.19. The lowest BCUT2D eigenvalue weighted by molar-refractivity contribution is 0.854. The first-order valence-electron chi connectivity index (χ1n) is 10.2. The number of nitrogens with zero attached hydrogens (tertiary/aromatic N) is 1. The zero-order valence-corrected chi connectivity index (χ0v) is 17.4. The molecule has 29 heavy (non-hydrogen) atoms. The van der Waals surface area contributed by atoms with Crippen LogP contribution in [0.25, 0.3) is 11.1 Å². The van der Waals surface area contributed by atoms with Gasteiger partial charge in [0.25, 0.3) is 0 Å². The minimum Gasteiger partial charge on any atom is -0.258 e. The molecule has 2 aromatic carbocycles. The Labute approximate surface area is 175 Å². The second-order valence-corrected chi connectivity index (χ2v) is 7.29. The highest BCUT2D eigenvalue weighted by Gasteiger charge is 2.13. The molecule has 0 amide bonds. The molecule has 146 valence electrons. The van der Waals surface area contributed by atoms with Gasteiger partial charge in [-0.15, -0.1) is 0 Å². The van der Waals surface area contributed by atoms with Gasteiger partial charge < -0.3 is 0 Å². The van der Waals surface area contributed by atoms with Crippen LogP contribution in [0.1, 0.15) is 43.7 Å². The van der Waals surface area contributed by atoms with E-state index in [4.69, 9.17) is 4.99 Å². The van der Waals surface area contributed by atoms with E-state index in [0.29, 0.717) is 5.92 Å². The van der Waals surface area contributed by atoms with Crippen molar-refractivity contribution < 1.29 is 0 Å². The second kappa shape index (κ2) is 10.4. The second-order valence-electron chi connectivity index (χ2n) is 7.29. The van der Waals surface area contributed by atoms with Gasteiger partial charge in [0.1, 0.15) is 0 Å². The first kappa shape index (κ1) is 20.5. The van der Waals surface area contributed by atoms with Gasteiger partial charge in [0.2, 0.25) is 0 Å². The zero-order valence-electron chi connectivity index (χ0n) is 17.4. The molecule has 0 saturated carbocycles. The largest absolute Gasteiger partial charge is 0.258 e. The summed E-state index contributed by atoms with van der Waals surface area (Å²) in [4.78, 5) is 4.78. The molecule has 1 aliphatic rings. The number of hydrogen-bond acceptors (Lipinski definition) is 1. The normalized spacial score (nSPS) is 16.8. The van der Waals surface area contributed by atoms with Gasteiger partial charge >= 0.3 is 0 Å². The third-order valence-electron chi connectivity index (χ3n) is 5.01. The van der Waals surface area contributed by atoms with Crippen LogP contribution in [0.15, 0.2) is 114 Å². The molecule has 0 aromatic heterocycles. The van der Waals surface area contributed by atoms with E-state index in [2.05, 4.69) is 92.4 Å². The lowest BCUT2D eigenvalue weighted by atomic mass is 9.88. The van der Waals surface area contributed by atoms with E-state index in [1.807, 2.05) is 25.2 Å². The Balaban J connectivity index is 1.94. The molecule has 1 heteroatoms. The number of rotatable bonds is 7. The standard InChI is InChI=1S/C28H29N/c1-4-5-6-9-14-22(2)29-23(3)26-19-27(24-15-10-7-11-16-24)21-28(20-26)25-17-12-8-13-18-25/h4-13,15-17,19-21,25H,2,14,18H2,1,3H3/b5-4-,9-6-,29-23?. The molecular formula is C28H29N. The van der Waals surface area contributed by atoms with Crippen LogP contribution in [0, 0.1) is 0 Å². The fourth-order valence-electron chi connectivity index (χ4n) is 3.44. The van der Waals surface area contributed by atoms with Crippen LogP contribution in [-0.2, 0) is 0 Å². The van der Waals surface area contributed by atoms with E-state index in [1.54, 1.807) is 0 Å². The Kier molecular flexibility index (Phi) is 7.35. The molecule has 2 aromatic rings. The predicted molar refractivity (Wildman–Crippen MR) is 127 cm³/mol. The van der Waals surface area contributed by atoms with Crippen molar-refractivity contribution in [2.45, 2.75) is 32.6 Å². The van der Waals surface area contributed by atoms with Gasteiger partial charge in [-0.3, -0.25) is 4.99 Å². The lowest BCUT2D eigenvalue weighted by Gasteiger charge is -2.17. The predicted octanol–water partition coefficient (Wildman–Crippen LogP) is 7.80. The molecule has 0 aliphatic heterocycles. The average molecular weight is 380 g/mol. The van der Waals surface area contributed by atoms with Crippen molar-refractivity contribution in [2.24, 2.45) is 4.99 Å². The van der Waals surface area contributed by atoms with Crippen molar-refractivity contribution in [1.82, 2.24) is 0 Å². The molecule has 1 unspecified atom stereocenters. The van der Waals surface area contributed by atoms with Gasteiger partial charge in [-0.2, -0.15) is 0 Å². The van der Waals surface area contributed by atoms with Gasteiger partial charge in [0, 0.05) is 23.7 Å². The van der Waals surface area contributed by atoms with Crippen LogP contribution in [0.2, 0.25) is 0 Å². The summed E-state index contributed by atoms with van der Waals surface area (Å²) in [5.41, 5.74) is 6.82. The van der Waals surface area contributed by atoms with Crippen LogP contribution in [0.5, 0.6) is 0 Å². The van der Waals surface area contributed by atoms with Crippen LogP contribution in [0.3, 0.4) is 0 Å². The van der Waals surface area contributed by atoms with Gasteiger partial charge in [0.15, 0.2) is 0 Å². The Morgan fingerprint density at radius 3 is 2.62 bits per heavy atom. The van der Waals surface area contributed by atoms with Gasteiger partial charge in [-0.25, -0.2) is 0 Å². The van der Waals surface area contributed by atoms with Crippen LogP contribution < -0.4 is 0 Å². The van der Waals surface area contributed by atoms with Crippen molar-refractivity contribution in [2.75, 3.05) is 0 Å². The maximum Gasteiger partial charge on any atom is 0.0448 e. The molecule has 0 fully saturated rings. The quantitative estimate of drug-likeness (QED) is 0.344. The fraction of sp³-hybridized carbons (Fsp3) is 0.179. The number of allylic oxidation sites excluding steroid dienone is 8. The van der Waals surface area contributed by atoms with Crippen molar-refractivity contribution in [1.29, 1.82) is 0 Å². The highest BCUT2D eigenvalue weighted by atomic mass is 14.7. The molecule has 1 nitrogen and oxygen atoms in total. The lowest BCUT2D eigenvalue weighted by Crippen LogP contribution is -2.02. The summed E-state index contributed by atoms with van der Waals surface area (Å²) in [7, 11) is 0. The highest BCUT2D eigenvalue weighted by Crippen LogP contribution is 2.30. The van der Waals surface area contributed by atoms with E-state index in [9.17, 15) is 0 Å². The smallest absolute Gasteiger partial charge is 0.0448 e. The number of hydrogen-bond donors (Lipinski definition) is 0. The molecule has 0 heterocycles. The van der Waals surface area contributed by atoms with Crippen LogP contribution in [0.4, 0.5) is 0 Å². The molecule has 0 saturated heterocycles. The van der Waals surface area contributed by atoms with Crippen molar-refractivity contribution in [3.8, 4) is 11.1 Å². The number of benzene rings is 2. The summed E-state index contributed by atoms with van der Waals surface area (Å²) in [5, 5.41) is 0. The molecule has 0 spiro atoms. The van der Waals surface area contributed by atoms with E-state index in [0.717, 1.165) is 29.8 Å². The third kappa shape index (κ3) is 5.89. The summed E-state index contributed by atoms with van der Waals surface area (Å²) < 4.78 is 0. The zero-order chi connectivity index (χ0) is 20.5. The van der Waals surface area contributed by atoms with E-state index < -0.39 is 0 Å². The van der Waals surface area contributed by atoms with Crippen LogP contribution >= 0.6 is 0 Å². The summed E-state index contributed by atoms with van der Waals surface area (Å²) in [6, 6.07) is 17.4. The summed E-state index contributed by atoms with van der Waals surface area (Å²) in [6.07, 6.45) is 18.7.